The van der Waals surface area contributed by atoms with Crippen LogP contribution in [0.25, 0.3) is 0 Å². The van der Waals surface area contributed by atoms with Crippen LogP contribution in [0.15, 0.2) is 33.4 Å². The molecule has 0 spiro atoms. The van der Waals surface area contributed by atoms with Gasteiger partial charge in [-0.25, -0.2) is 0 Å². The fourth-order valence-electron chi connectivity index (χ4n) is 1.86. The third-order valence-corrected chi connectivity index (χ3v) is 3.80. The van der Waals surface area contributed by atoms with Gasteiger partial charge in [0.2, 0.25) is 5.91 Å². The highest BCUT2D eigenvalue weighted by molar-refractivity contribution is 8.03. The summed E-state index contributed by atoms with van der Waals surface area (Å²) in [6, 6.07) is 5.52. The maximum atomic E-state index is 11.7. The van der Waals surface area contributed by atoms with Crippen molar-refractivity contribution in [3.05, 3.63) is 34.8 Å². The Balaban J connectivity index is 2.27. The molecule has 7 heteroatoms. The summed E-state index contributed by atoms with van der Waals surface area (Å²) in [4.78, 5) is 22.9. The first-order valence-corrected chi connectivity index (χ1v) is 6.81. The minimum atomic E-state index is -0.422. The number of hydrogen-bond donors (Lipinski definition) is 1. The number of nitriles is 1. The lowest BCUT2D eigenvalue weighted by molar-refractivity contribution is -0.137. The van der Waals surface area contributed by atoms with E-state index >= 15 is 0 Å². The van der Waals surface area contributed by atoms with E-state index < -0.39 is 11.9 Å². The number of nitrogens with zero attached hydrogens (tertiary/aromatic N) is 1. The molecule has 1 aromatic rings. The van der Waals surface area contributed by atoms with Gasteiger partial charge in [-0.1, -0.05) is 11.8 Å². The number of ether oxygens (including phenoxy) is 1. The number of hydrogen-bond acceptors (Lipinski definition) is 6. The van der Waals surface area contributed by atoms with Gasteiger partial charge in [-0.2, -0.15) is 5.26 Å². The number of nitrogens with one attached hydrogen (secondary N) is 1. The van der Waals surface area contributed by atoms with Crippen LogP contribution in [0.4, 0.5) is 0 Å². The quantitative estimate of drug-likeness (QED) is 0.846. The molecule has 0 aromatic carbocycles. The lowest BCUT2D eigenvalue weighted by Crippen LogP contribution is -2.31. The number of methoxy groups -OCH3 is 1. The lowest BCUT2D eigenvalue weighted by atomic mass is 9.92. The Labute approximate surface area is 119 Å². The molecule has 1 N–H and O–H groups in total. The monoisotopic (exact) mass is 292 g/mol. The number of carbonyl (C=O) groups excluding carboxylic acids is 2. The van der Waals surface area contributed by atoms with E-state index in [9.17, 15) is 14.9 Å². The lowest BCUT2D eigenvalue weighted by Gasteiger charge is -2.23. The number of amides is 1. The van der Waals surface area contributed by atoms with Gasteiger partial charge in [0.05, 0.1) is 41.7 Å². The second kappa shape index (κ2) is 6.30. The largest absolute Gasteiger partial charge is 0.469 e. The number of carbonyl (C=O) groups is 2. The van der Waals surface area contributed by atoms with Crippen LogP contribution in [0, 0.1) is 11.3 Å². The molecule has 1 aromatic heterocycles. The van der Waals surface area contributed by atoms with Crippen molar-refractivity contribution < 1.29 is 18.7 Å². The van der Waals surface area contributed by atoms with Gasteiger partial charge in [-0.15, -0.1) is 0 Å². The molecule has 0 radical (unpaired) electrons. The highest BCUT2D eigenvalue weighted by atomic mass is 32.2. The molecule has 0 fully saturated rings. The summed E-state index contributed by atoms with van der Waals surface area (Å²) in [5.74, 6) is -0.453. The summed E-state index contributed by atoms with van der Waals surface area (Å²) in [5.41, 5.74) is 0.397. The first kappa shape index (κ1) is 14.2. The maximum absolute atomic E-state index is 11.7. The normalized spacial score (nSPS) is 18.4. The van der Waals surface area contributed by atoms with E-state index in [2.05, 4.69) is 16.1 Å². The summed E-state index contributed by atoms with van der Waals surface area (Å²) in [7, 11) is 1.29. The van der Waals surface area contributed by atoms with Gasteiger partial charge in [0, 0.05) is 6.42 Å². The van der Waals surface area contributed by atoms with E-state index in [1.54, 1.807) is 12.1 Å². The van der Waals surface area contributed by atoms with Crippen LogP contribution in [0.1, 0.15) is 18.1 Å². The first-order valence-electron chi connectivity index (χ1n) is 5.82. The summed E-state index contributed by atoms with van der Waals surface area (Å²) >= 11 is 1.08. The molecule has 0 aliphatic carbocycles. The first-order chi connectivity index (χ1) is 9.65. The predicted molar refractivity (Wildman–Crippen MR) is 71.3 cm³/mol. The summed E-state index contributed by atoms with van der Waals surface area (Å²) in [6.45, 7) is 0. The van der Waals surface area contributed by atoms with Crippen molar-refractivity contribution in [2.45, 2.75) is 12.3 Å². The van der Waals surface area contributed by atoms with E-state index in [-0.39, 0.29) is 18.1 Å². The van der Waals surface area contributed by atoms with Crippen molar-refractivity contribution in [2.24, 2.45) is 0 Å². The standard InChI is InChI=1S/C13H12N2O4S/c1-18-12(17)7-20-13-9(6-14)8(5-11(16)15-13)10-3-2-4-19-10/h2-4,8H,5,7H2,1H3,(H,15,16)/t8-/m1/s1. The van der Waals surface area contributed by atoms with Gasteiger partial charge < -0.3 is 14.5 Å². The zero-order valence-corrected chi connectivity index (χ0v) is 11.5. The molecule has 6 nitrogen and oxygen atoms in total. The van der Waals surface area contributed by atoms with E-state index in [1.807, 2.05) is 0 Å². The Morgan fingerprint density at radius 3 is 3.10 bits per heavy atom. The van der Waals surface area contributed by atoms with Gasteiger partial charge >= 0.3 is 5.97 Å². The molecular weight excluding hydrogens is 280 g/mol. The molecule has 1 aliphatic rings. The number of rotatable bonds is 4. The fourth-order valence-corrected chi connectivity index (χ4v) is 2.77. The number of esters is 1. The van der Waals surface area contributed by atoms with E-state index in [4.69, 9.17) is 4.42 Å². The topological polar surface area (TPSA) is 92.3 Å². The van der Waals surface area contributed by atoms with Crippen LogP contribution in [-0.4, -0.2) is 24.7 Å². The van der Waals surface area contributed by atoms with Gasteiger partial charge in [0.1, 0.15) is 5.76 Å². The van der Waals surface area contributed by atoms with Crippen LogP contribution in [0.3, 0.4) is 0 Å². The predicted octanol–water partition coefficient (Wildman–Crippen LogP) is 1.52. The zero-order valence-electron chi connectivity index (χ0n) is 10.7. The van der Waals surface area contributed by atoms with Crippen LogP contribution < -0.4 is 5.32 Å². The molecule has 1 aliphatic heterocycles. The summed E-state index contributed by atoms with van der Waals surface area (Å²) in [5, 5.41) is 12.3. The molecule has 1 amide bonds. The highest BCUT2D eigenvalue weighted by Crippen LogP contribution is 2.35. The van der Waals surface area contributed by atoms with E-state index in [1.165, 1.54) is 13.4 Å². The van der Waals surface area contributed by atoms with Crippen molar-refractivity contribution in [3.63, 3.8) is 0 Å². The third kappa shape index (κ3) is 3.03. The average Bonchev–Trinajstić information content (AvgIpc) is 2.98. The molecule has 2 rings (SSSR count). The third-order valence-electron chi connectivity index (χ3n) is 2.80. The van der Waals surface area contributed by atoms with Gasteiger partial charge in [-0.05, 0) is 12.1 Å². The SMILES string of the molecule is COC(=O)CSC1=C(C#N)[C@H](c2ccco2)CC(=O)N1. The number of furan rings is 1. The van der Waals surface area contributed by atoms with Gasteiger partial charge in [-0.3, -0.25) is 9.59 Å². The van der Waals surface area contributed by atoms with Crippen molar-refractivity contribution in [2.75, 3.05) is 12.9 Å². The number of allylic oxidation sites excluding steroid dienone is 1. The maximum Gasteiger partial charge on any atom is 0.316 e. The Hall–Kier alpha value is -2.20. The zero-order chi connectivity index (χ0) is 14.5. The Morgan fingerprint density at radius 1 is 1.70 bits per heavy atom. The molecular formula is C13H12N2O4S. The number of thioether (sulfide) groups is 1. The minimum Gasteiger partial charge on any atom is -0.469 e. The molecule has 0 saturated carbocycles. The molecule has 2 heterocycles. The van der Waals surface area contributed by atoms with Crippen molar-refractivity contribution in [1.82, 2.24) is 5.32 Å². The second-order valence-electron chi connectivity index (χ2n) is 4.04. The Morgan fingerprint density at radius 2 is 2.50 bits per heavy atom. The van der Waals surface area contributed by atoms with Crippen LogP contribution in [0.2, 0.25) is 0 Å². The van der Waals surface area contributed by atoms with Crippen molar-refractivity contribution in [1.29, 1.82) is 5.26 Å². The molecule has 0 bridgehead atoms. The van der Waals surface area contributed by atoms with E-state index in [0.29, 0.717) is 16.4 Å². The Bertz CT molecular complexity index is 586. The molecule has 104 valence electrons. The Kier molecular flexibility index (Phi) is 4.48. The second-order valence-corrected chi connectivity index (χ2v) is 5.03. The molecule has 0 unspecified atom stereocenters. The summed E-state index contributed by atoms with van der Waals surface area (Å²) < 4.78 is 9.82. The molecule has 20 heavy (non-hydrogen) atoms. The molecule has 1 atom stereocenters. The smallest absolute Gasteiger partial charge is 0.316 e. The minimum absolute atomic E-state index is 0.0299. The molecule has 0 saturated heterocycles. The van der Waals surface area contributed by atoms with Crippen molar-refractivity contribution >= 4 is 23.6 Å². The van der Waals surface area contributed by atoms with Crippen LogP contribution >= 0.6 is 11.8 Å². The van der Waals surface area contributed by atoms with E-state index in [0.717, 1.165) is 11.8 Å². The van der Waals surface area contributed by atoms with Gasteiger partial charge in [0.25, 0.3) is 0 Å². The van der Waals surface area contributed by atoms with Crippen LogP contribution in [-0.2, 0) is 14.3 Å². The van der Waals surface area contributed by atoms with Crippen molar-refractivity contribution in [3.8, 4) is 6.07 Å². The average molecular weight is 292 g/mol. The van der Waals surface area contributed by atoms with Gasteiger partial charge in [0.15, 0.2) is 0 Å². The fraction of sp³-hybridized carbons (Fsp3) is 0.308. The highest BCUT2D eigenvalue weighted by Gasteiger charge is 2.31. The summed E-state index contributed by atoms with van der Waals surface area (Å²) in [6.07, 6.45) is 1.65. The van der Waals surface area contributed by atoms with Crippen LogP contribution in [0.5, 0.6) is 0 Å².